The summed E-state index contributed by atoms with van der Waals surface area (Å²) in [6, 6.07) is 10.9. The largest absolute Gasteiger partial charge is 0.474 e. The van der Waals surface area contributed by atoms with Gasteiger partial charge >= 0.3 is 0 Å². The van der Waals surface area contributed by atoms with E-state index in [1.807, 2.05) is 38.2 Å². The van der Waals surface area contributed by atoms with E-state index in [2.05, 4.69) is 25.6 Å². The minimum Gasteiger partial charge on any atom is -0.474 e. The van der Waals surface area contributed by atoms with Crippen LogP contribution < -0.4 is 15.4 Å². The topological polar surface area (TPSA) is 92.3 Å². The number of hydrogen-bond acceptors (Lipinski definition) is 7. The second kappa shape index (κ2) is 8.75. The van der Waals surface area contributed by atoms with Gasteiger partial charge in [-0.25, -0.2) is 19.3 Å². The zero-order chi connectivity index (χ0) is 24.8. The molecule has 2 aliphatic rings. The minimum absolute atomic E-state index is 0.0856. The van der Waals surface area contributed by atoms with Crippen LogP contribution in [0.4, 0.5) is 21.7 Å². The number of benzene rings is 2. The standard InChI is InChI=1S/C27H25FN6O2/c1-15-21(14-30-25-24(15)29-8-10-36-25)20-12-23-17(11-22(20)28)13-31-27(33-23)32-18-5-3-16(4-6-18)19-7-9-34(2)26(19)35/h3-6,11-14,19,29H,7-10H2,1-2H3,(H,31,32,33)/t19-/m1/s1. The molecule has 0 radical (unpaired) electrons. The van der Waals surface area contributed by atoms with Crippen molar-refractivity contribution in [3.63, 3.8) is 0 Å². The number of likely N-dealkylation sites (N-methyl/N-ethyl adjacent to an activating group) is 1. The van der Waals surface area contributed by atoms with Crippen molar-refractivity contribution in [2.75, 3.05) is 37.4 Å². The van der Waals surface area contributed by atoms with Crippen LogP contribution in [-0.4, -0.2) is 52.5 Å². The van der Waals surface area contributed by atoms with E-state index in [-0.39, 0.29) is 17.6 Å². The van der Waals surface area contributed by atoms with Gasteiger partial charge in [-0.1, -0.05) is 12.1 Å². The first-order valence-corrected chi connectivity index (χ1v) is 11.9. The van der Waals surface area contributed by atoms with Gasteiger partial charge in [0.05, 0.1) is 11.4 Å². The molecule has 0 saturated carbocycles. The zero-order valence-electron chi connectivity index (χ0n) is 20.0. The Labute approximate surface area is 207 Å². The number of halogens is 1. The predicted molar refractivity (Wildman–Crippen MR) is 136 cm³/mol. The van der Waals surface area contributed by atoms with Crippen LogP contribution in [0.2, 0.25) is 0 Å². The Kier molecular flexibility index (Phi) is 5.40. The molecule has 2 aromatic carbocycles. The third kappa shape index (κ3) is 3.86. The lowest BCUT2D eigenvalue weighted by atomic mass is 9.97. The molecule has 2 aliphatic heterocycles. The number of amides is 1. The number of ether oxygens (including phenoxy) is 1. The summed E-state index contributed by atoms with van der Waals surface area (Å²) < 4.78 is 20.7. The zero-order valence-corrected chi connectivity index (χ0v) is 20.0. The van der Waals surface area contributed by atoms with E-state index in [1.165, 1.54) is 6.07 Å². The van der Waals surface area contributed by atoms with Crippen LogP contribution in [0.25, 0.3) is 22.0 Å². The summed E-state index contributed by atoms with van der Waals surface area (Å²) in [6.45, 7) is 3.93. The van der Waals surface area contributed by atoms with Gasteiger partial charge in [0, 0.05) is 54.7 Å². The highest BCUT2D eigenvalue weighted by Crippen LogP contribution is 2.37. The molecular weight excluding hydrogens is 459 g/mol. The van der Waals surface area contributed by atoms with Crippen LogP contribution in [0.1, 0.15) is 23.5 Å². The molecule has 1 atom stereocenters. The summed E-state index contributed by atoms with van der Waals surface area (Å²) in [5, 5.41) is 7.11. The normalized spacial score (nSPS) is 17.0. The van der Waals surface area contributed by atoms with Crippen LogP contribution in [0.15, 0.2) is 48.8 Å². The van der Waals surface area contributed by atoms with Crippen molar-refractivity contribution in [3.8, 4) is 17.0 Å². The quantitative estimate of drug-likeness (QED) is 0.436. The van der Waals surface area contributed by atoms with Gasteiger partial charge < -0.3 is 20.3 Å². The number of carbonyl (C=O) groups is 1. The smallest absolute Gasteiger partial charge is 0.237 e. The molecule has 2 aromatic heterocycles. The molecule has 8 nitrogen and oxygen atoms in total. The lowest BCUT2D eigenvalue weighted by Gasteiger charge is -2.21. The molecule has 0 unspecified atom stereocenters. The van der Waals surface area contributed by atoms with Crippen molar-refractivity contribution in [1.29, 1.82) is 0 Å². The molecule has 0 bridgehead atoms. The van der Waals surface area contributed by atoms with E-state index in [9.17, 15) is 4.79 Å². The number of aromatic nitrogens is 3. The van der Waals surface area contributed by atoms with Gasteiger partial charge in [0.1, 0.15) is 18.1 Å². The molecule has 0 aliphatic carbocycles. The number of fused-ring (bicyclic) bond motifs is 2. The van der Waals surface area contributed by atoms with Gasteiger partial charge in [0.2, 0.25) is 17.7 Å². The van der Waals surface area contributed by atoms with Gasteiger partial charge in [0.15, 0.2) is 0 Å². The van der Waals surface area contributed by atoms with Crippen molar-refractivity contribution >= 4 is 34.1 Å². The summed E-state index contributed by atoms with van der Waals surface area (Å²) in [6.07, 6.45) is 4.07. The number of likely N-dealkylation sites (tertiary alicyclic amines) is 1. The molecule has 182 valence electrons. The third-order valence-corrected chi connectivity index (χ3v) is 6.90. The second-order valence-corrected chi connectivity index (χ2v) is 9.18. The van der Waals surface area contributed by atoms with Crippen LogP contribution in [0.3, 0.4) is 0 Å². The number of anilines is 3. The Morgan fingerprint density at radius 1 is 1.14 bits per heavy atom. The van der Waals surface area contributed by atoms with E-state index in [4.69, 9.17) is 4.74 Å². The van der Waals surface area contributed by atoms with Gasteiger partial charge in [-0.3, -0.25) is 4.79 Å². The van der Waals surface area contributed by atoms with Crippen molar-refractivity contribution in [2.45, 2.75) is 19.3 Å². The van der Waals surface area contributed by atoms with Gasteiger partial charge in [-0.05, 0) is 48.7 Å². The first kappa shape index (κ1) is 22.2. The van der Waals surface area contributed by atoms with Crippen LogP contribution in [-0.2, 0) is 4.79 Å². The molecule has 1 amide bonds. The SMILES string of the molecule is Cc1c(-c2cc3nc(Nc4ccc([C@H]5CCN(C)C5=O)cc4)ncc3cc2F)cnc2c1NCCO2. The molecule has 1 saturated heterocycles. The average Bonchev–Trinajstić information content (AvgIpc) is 3.23. The van der Waals surface area contributed by atoms with Crippen molar-refractivity contribution in [3.05, 3.63) is 65.7 Å². The first-order chi connectivity index (χ1) is 17.5. The number of pyridine rings is 1. The fraction of sp³-hybridized carbons (Fsp3) is 0.259. The first-order valence-electron chi connectivity index (χ1n) is 11.9. The molecule has 4 heterocycles. The number of carbonyl (C=O) groups excluding carboxylic acids is 1. The lowest BCUT2D eigenvalue weighted by Crippen LogP contribution is -2.21. The molecule has 4 aromatic rings. The predicted octanol–water partition coefficient (Wildman–Crippen LogP) is 4.63. The molecule has 9 heteroatoms. The van der Waals surface area contributed by atoms with E-state index < -0.39 is 0 Å². The molecule has 2 N–H and O–H groups in total. The second-order valence-electron chi connectivity index (χ2n) is 9.18. The lowest BCUT2D eigenvalue weighted by molar-refractivity contribution is -0.127. The highest BCUT2D eigenvalue weighted by molar-refractivity contribution is 5.87. The van der Waals surface area contributed by atoms with Crippen molar-refractivity contribution in [1.82, 2.24) is 19.9 Å². The Hall–Kier alpha value is -4.27. The average molecular weight is 485 g/mol. The maximum atomic E-state index is 15.1. The van der Waals surface area contributed by atoms with E-state index in [0.717, 1.165) is 35.5 Å². The maximum Gasteiger partial charge on any atom is 0.237 e. The fourth-order valence-electron chi connectivity index (χ4n) is 4.87. The molecule has 1 fully saturated rings. The summed E-state index contributed by atoms with van der Waals surface area (Å²) in [5.74, 6) is 0.644. The van der Waals surface area contributed by atoms with E-state index in [1.54, 1.807) is 23.4 Å². The minimum atomic E-state index is -0.365. The maximum absolute atomic E-state index is 15.1. The molecule has 0 spiro atoms. The number of nitrogens with zero attached hydrogens (tertiary/aromatic N) is 4. The Balaban J connectivity index is 1.29. The Morgan fingerprint density at radius 3 is 2.75 bits per heavy atom. The highest BCUT2D eigenvalue weighted by Gasteiger charge is 2.30. The number of nitrogens with one attached hydrogen (secondary N) is 2. The fourth-order valence-corrected chi connectivity index (χ4v) is 4.87. The summed E-state index contributed by atoms with van der Waals surface area (Å²) in [4.78, 5) is 27.4. The number of rotatable bonds is 4. The monoisotopic (exact) mass is 484 g/mol. The van der Waals surface area contributed by atoms with Crippen LogP contribution >= 0.6 is 0 Å². The van der Waals surface area contributed by atoms with E-state index >= 15 is 4.39 Å². The molecule has 36 heavy (non-hydrogen) atoms. The van der Waals surface area contributed by atoms with Crippen LogP contribution in [0, 0.1) is 12.7 Å². The molecule has 6 rings (SSSR count). The number of hydrogen-bond donors (Lipinski definition) is 2. The summed E-state index contributed by atoms with van der Waals surface area (Å²) in [5.41, 5.74) is 5.18. The van der Waals surface area contributed by atoms with Crippen molar-refractivity contribution in [2.24, 2.45) is 0 Å². The Bertz CT molecular complexity index is 1490. The van der Waals surface area contributed by atoms with Gasteiger partial charge in [-0.15, -0.1) is 0 Å². The van der Waals surface area contributed by atoms with Crippen molar-refractivity contribution < 1.29 is 13.9 Å². The van der Waals surface area contributed by atoms with Crippen LogP contribution in [0.5, 0.6) is 5.88 Å². The van der Waals surface area contributed by atoms with Gasteiger partial charge in [0.25, 0.3) is 0 Å². The summed E-state index contributed by atoms with van der Waals surface area (Å²) >= 11 is 0. The third-order valence-electron chi connectivity index (χ3n) is 6.90. The van der Waals surface area contributed by atoms with Gasteiger partial charge in [-0.2, -0.15) is 0 Å². The highest BCUT2D eigenvalue weighted by atomic mass is 19.1. The Morgan fingerprint density at radius 2 is 1.97 bits per heavy atom. The van der Waals surface area contributed by atoms with E-state index in [0.29, 0.717) is 47.0 Å². The molecular formula is C27H25FN6O2. The summed E-state index contributed by atoms with van der Waals surface area (Å²) in [7, 11) is 1.83.